The van der Waals surface area contributed by atoms with Gasteiger partial charge in [-0.3, -0.25) is 4.79 Å². The van der Waals surface area contributed by atoms with Crippen LogP contribution in [-0.4, -0.2) is 5.78 Å². The van der Waals surface area contributed by atoms with Crippen molar-refractivity contribution in [2.75, 3.05) is 0 Å². The summed E-state index contributed by atoms with van der Waals surface area (Å²) in [5, 5.41) is 0. The van der Waals surface area contributed by atoms with E-state index in [0.29, 0.717) is 16.5 Å². The van der Waals surface area contributed by atoms with Gasteiger partial charge in [0.15, 0.2) is 5.78 Å². The zero-order valence-electron chi connectivity index (χ0n) is 12.0. The van der Waals surface area contributed by atoms with E-state index in [1.165, 1.54) is 6.07 Å². The molecule has 0 bridgehead atoms. The molecule has 1 aliphatic rings. The van der Waals surface area contributed by atoms with E-state index in [-0.39, 0.29) is 18.1 Å². The van der Waals surface area contributed by atoms with Gasteiger partial charge in [0.1, 0.15) is 11.6 Å². The van der Waals surface area contributed by atoms with Crippen LogP contribution >= 0.6 is 31.9 Å². The molecule has 118 valence electrons. The Kier molecular flexibility index (Phi) is 4.78. The molecule has 2 aromatic carbocycles. The van der Waals surface area contributed by atoms with Crippen molar-refractivity contribution in [2.24, 2.45) is 0 Å². The minimum atomic E-state index is -0.637. The molecule has 0 amide bonds. The quantitative estimate of drug-likeness (QED) is 0.556. The first-order chi connectivity index (χ1) is 11.0. The molecular weight excluding hydrogens is 430 g/mol. The fraction of sp³-hybridized carbons (Fsp3) is 0.167. The van der Waals surface area contributed by atoms with Crippen molar-refractivity contribution in [1.29, 1.82) is 0 Å². The number of hydrogen-bond donors (Lipinski definition) is 0. The molecule has 2 aromatic rings. The molecule has 0 saturated heterocycles. The smallest absolute Gasteiger partial charge is 0.156 e. The molecule has 3 rings (SSSR count). The second-order valence-electron chi connectivity index (χ2n) is 5.50. The fourth-order valence-corrected chi connectivity index (χ4v) is 4.22. The molecule has 1 nitrogen and oxygen atoms in total. The number of allylic oxidation sites excluding steroid dienone is 2. The lowest BCUT2D eigenvalue weighted by molar-refractivity contribution is -0.115. The van der Waals surface area contributed by atoms with Crippen LogP contribution in [0.2, 0.25) is 0 Å². The van der Waals surface area contributed by atoms with Crippen LogP contribution in [0.5, 0.6) is 0 Å². The van der Waals surface area contributed by atoms with E-state index in [4.69, 9.17) is 0 Å². The van der Waals surface area contributed by atoms with Crippen LogP contribution < -0.4 is 0 Å². The zero-order valence-corrected chi connectivity index (χ0v) is 15.1. The number of hydrogen-bond acceptors (Lipinski definition) is 1. The van der Waals surface area contributed by atoms with Crippen molar-refractivity contribution < 1.29 is 13.6 Å². The summed E-state index contributed by atoms with van der Waals surface area (Å²) >= 11 is 6.71. The molecule has 5 heteroatoms. The third kappa shape index (κ3) is 3.45. The first kappa shape index (κ1) is 16.5. The summed E-state index contributed by atoms with van der Waals surface area (Å²) in [4.78, 5) is 12.1. The number of carbonyl (C=O) groups is 1. The molecule has 0 aliphatic heterocycles. The van der Waals surface area contributed by atoms with Crippen molar-refractivity contribution in [1.82, 2.24) is 0 Å². The van der Waals surface area contributed by atoms with Gasteiger partial charge < -0.3 is 0 Å². The summed E-state index contributed by atoms with van der Waals surface area (Å²) in [5.74, 6) is -1.63. The highest BCUT2D eigenvalue weighted by Gasteiger charge is 2.27. The summed E-state index contributed by atoms with van der Waals surface area (Å²) in [6.45, 7) is 0. The zero-order chi connectivity index (χ0) is 16.6. The molecule has 23 heavy (non-hydrogen) atoms. The summed E-state index contributed by atoms with van der Waals surface area (Å²) in [5.41, 5.74) is 2.14. The lowest BCUT2D eigenvalue weighted by Crippen LogP contribution is -2.14. The van der Waals surface area contributed by atoms with Crippen molar-refractivity contribution in [3.05, 3.63) is 74.2 Å². The third-order valence-electron chi connectivity index (χ3n) is 3.92. The summed E-state index contributed by atoms with van der Waals surface area (Å²) < 4.78 is 28.8. The maximum Gasteiger partial charge on any atom is 0.156 e. The summed E-state index contributed by atoms with van der Waals surface area (Å²) in [6, 6.07) is 9.70. The number of carbonyl (C=O) groups excluding carboxylic acids is 1. The van der Waals surface area contributed by atoms with Gasteiger partial charge in [0.2, 0.25) is 0 Å². The van der Waals surface area contributed by atoms with Crippen LogP contribution in [0.3, 0.4) is 0 Å². The average molecular weight is 442 g/mol. The van der Waals surface area contributed by atoms with Gasteiger partial charge in [-0.2, -0.15) is 0 Å². The van der Waals surface area contributed by atoms with E-state index in [0.717, 1.165) is 21.7 Å². The molecule has 1 unspecified atom stereocenters. The molecule has 0 spiro atoms. The fourth-order valence-electron chi connectivity index (χ4n) is 2.95. The van der Waals surface area contributed by atoms with E-state index < -0.39 is 11.6 Å². The molecule has 0 radical (unpaired) electrons. The van der Waals surface area contributed by atoms with E-state index in [1.54, 1.807) is 6.08 Å². The van der Waals surface area contributed by atoms with Gasteiger partial charge in [0.05, 0.1) is 0 Å². The lowest BCUT2D eigenvalue weighted by atomic mass is 9.81. The standard InChI is InChI=1S/C18H12Br2F2O/c19-15-4-2-1-3-14(15)10-5-11(7-13(23)6-10)18-16(20)8-12(21)9-17(18)22/h1-4,6,8-9,11H,5,7H2. The van der Waals surface area contributed by atoms with E-state index in [2.05, 4.69) is 31.9 Å². The van der Waals surface area contributed by atoms with Crippen LogP contribution in [0.4, 0.5) is 8.78 Å². The molecular formula is C18H12Br2F2O. The highest BCUT2D eigenvalue weighted by Crippen LogP contribution is 2.41. The van der Waals surface area contributed by atoms with Crippen LogP contribution in [-0.2, 0) is 4.79 Å². The Balaban J connectivity index is 2.01. The summed E-state index contributed by atoms with van der Waals surface area (Å²) in [6.07, 6.45) is 2.36. The maximum atomic E-state index is 14.2. The lowest BCUT2D eigenvalue weighted by Gasteiger charge is -2.24. The first-order valence-corrected chi connectivity index (χ1v) is 8.67. The Hall–Kier alpha value is -1.33. The minimum absolute atomic E-state index is 0.0531. The number of halogens is 4. The number of benzene rings is 2. The average Bonchev–Trinajstić information content (AvgIpc) is 2.46. The molecule has 1 atom stereocenters. The van der Waals surface area contributed by atoms with Gasteiger partial charge in [0, 0.05) is 27.0 Å². The largest absolute Gasteiger partial charge is 0.295 e. The molecule has 0 saturated carbocycles. The predicted octanol–water partition coefficient (Wildman–Crippen LogP) is 6.02. The molecule has 0 N–H and O–H groups in total. The van der Waals surface area contributed by atoms with Crippen LogP contribution in [0, 0.1) is 11.6 Å². The predicted molar refractivity (Wildman–Crippen MR) is 93.2 cm³/mol. The van der Waals surface area contributed by atoms with Crippen LogP contribution in [0.25, 0.3) is 5.57 Å². The van der Waals surface area contributed by atoms with Crippen molar-refractivity contribution in [2.45, 2.75) is 18.8 Å². The Bertz CT molecular complexity index is 791. The third-order valence-corrected chi connectivity index (χ3v) is 5.27. The highest BCUT2D eigenvalue weighted by molar-refractivity contribution is 9.10. The summed E-state index contributed by atoms with van der Waals surface area (Å²) in [7, 11) is 0. The Morgan fingerprint density at radius 1 is 1.00 bits per heavy atom. The van der Waals surface area contributed by atoms with E-state index in [1.807, 2.05) is 24.3 Å². The van der Waals surface area contributed by atoms with Crippen LogP contribution in [0.1, 0.15) is 29.9 Å². The molecule has 0 heterocycles. The highest BCUT2D eigenvalue weighted by atomic mass is 79.9. The normalized spacial score (nSPS) is 18.0. The Morgan fingerprint density at radius 3 is 2.43 bits per heavy atom. The topological polar surface area (TPSA) is 17.1 Å². The van der Waals surface area contributed by atoms with Gasteiger partial charge in [0.25, 0.3) is 0 Å². The van der Waals surface area contributed by atoms with E-state index in [9.17, 15) is 13.6 Å². The van der Waals surface area contributed by atoms with Gasteiger partial charge in [-0.1, -0.05) is 50.1 Å². The van der Waals surface area contributed by atoms with Gasteiger partial charge in [-0.05, 0) is 41.7 Å². The van der Waals surface area contributed by atoms with Gasteiger partial charge >= 0.3 is 0 Å². The van der Waals surface area contributed by atoms with Gasteiger partial charge in [-0.25, -0.2) is 8.78 Å². The SMILES string of the molecule is O=C1C=C(c2ccccc2Br)CC(c2c(F)cc(F)cc2Br)C1. The van der Waals surface area contributed by atoms with Crippen molar-refractivity contribution in [3.63, 3.8) is 0 Å². The Morgan fingerprint density at radius 2 is 1.74 bits per heavy atom. The van der Waals surface area contributed by atoms with Crippen molar-refractivity contribution >= 4 is 43.2 Å². The van der Waals surface area contributed by atoms with Crippen LogP contribution in [0.15, 0.2) is 51.4 Å². The molecule has 0 fully saturated rings. The second-order valence-corrected chi connectivity index (χ2v) is 7.21. The number of rotatable bonds is 2. The minimum Gasteiger partial charge on any atom is -0.295 e. The Labute approximate surface area is 149 Å². The van der Waals surface area contributed by atoms with Gasteiger partial charge in [-0.15, -0.1) is 0 Å². The first-order valence-electron chi connectivity index (χ1n) is 7.08. The monoisotopic (exact) mass is 440 g/mol. The maximum absolute atomic E-state index is 14.2. The second kappa shape index (κ2) is 6.65. The number of ketones is 1. The van der Waals surface area contributed by atoms with Crippen molar-refractivity contribution in [3.8, 4) is 0 Å². The van der Waals surface area contributed by atoms with E-state index >= 15 is 0 Å². The molecule has 0 aromatic heterocycles. The molecule has 1 aliphatic carbocycles.